The van der Waals surface area contributed by atoms with Gasteiger partial charge in [-0.15, -0.1) is 0 Å². The fraction of sp³-hybridized carbons (Fsp3) is 0.448. The number of Topliss-reactive ketones (excluding diaryl/α,β-unsaturated/α-hetero) is 2. The van der Waals surface area contributed by atoms with E-state index in [0.29, 0.717) is 28.0 Å². The van der Waals surface area contributed by atoms with Crippen LogP contribution in [0.1, 0.15) is 53.3 Å². The first-order valence-electron chi connectivity index (χ1n) is 13.3. The maximum absolute atomic E-state index is 13.5. The minimum atomic E-state index is -1.10. The van der Waals surface area contributed by atoms with Crippen LogP contribution in [-0.4, -0.2) is 67.6 Å². The minimum absolute atomic E-state index is 0.0781. The molecule has 2 atom stereocenters. The van der Waals surface area contributed by atoms with Gasteiger partial charge in [0.2, 0.25) is 11.8 Å². The molecular weight excluding hydrogens is 541 g/mol. The molecule has 0 bridgehead atoms. The third kappa shape index (κ3) is 5.42. The Bertz CT molecular complexity index is 1320. The lowest BCUT2D eigenvalue weighted by atomic mass is 9.64. The summed E-state index contributed by atoms with van der Waals surface area (Å²) in [6, 6.07) is 10.7. The lowest BCUT2D eigenvalue weighted by Crippen LogP contribution is -2.53. The van der Waals surface area contributed by atoms with Crippen LogP contribution in [0.5, 0.6) is 5.75 Å². The summed E-state index contributed by atoms with van der Waals surface area (Å²) in [7, 11) is 0. The molecule has 2 fully saturated rings. The number of ketones is 2. The molecular formula is C29H31Cl2N3O5. The second kappa shape index (κ2) is 11.3. The summed E-state index contributed by atoms with van der Waals surface area (Å²) in [6.07, 6.45) is 1.08. The normalized spacial score (nSPS) is 24.0. The van der Waals surface area contributed by atoms with Gasteiger partial charge in [0.05, 0.1) is 33.3 Å². The zero-order valence-corrected chi connectivity index (χ0v) is 23.3. The molecule has 1 unspecified atom stereocenters. The number of hydrogen-bond acceptors (Lipinski definition) is 7. The molecule has 39 heavy (non-hydrogen) atoms. The van der Waals surface area contributed by atoms with Crippen LogP contribution in [0.15, 0.2) is 36.4 Å². The van der Waals surface area contributed by atoms with Gasteiger partial charge in [0.25, 0.3) is 0 Å². The zero-order chi connectivity index (χ0) is 27.7. The monoisotopic (exact) mass is 571 g/mol. The first-order chi connectivity index (χ1) is 18.7. The number of fused-ring (bicyclic) bond motifs is 1. The molecule has 1 N–H and O–H groups in total. The number of nitrogens with one attached hydrogen (secondary N) is 1. The summed E-state index contributed by atoms with van der Waals surface area (Å²) in [4.78, 5) is 55.6. The number of amides is 2. The molecule has 206 valence electrons. The Labute approximate surface area is 237 Å². The number of nitrogens with zero attached hydrogens (tertiary/aromatic N) is 2. The average molecular weight is 572 g/mol. The summed E-state index contributed by atoms with van der Waals surface area (Å²) in [5.41, 5.74) is 0.434. The lowest BCUT2D eigenvalue weighted by molar-refractivity contribution is -0.143. The molecule has 2 heterocycles. The Hall–Kier alpha value is -2.94. The van der Waals surface area contributed by atoms with E-state index < -0.39 is 17.2 Å². The van der Waals surface area contributed by atoms with Crippen molar-refractivity contribution in [3.63, 3.8) is 0 Å². The van der Waals surface area contributed by atoms with E-state index in [-0.39, 0.29) is 42.3 Å². The van der Waals surface area contributed by atoms with Gasteiger partial charge in [0.1, 0.15) is 5.75 Å². The van der Waals surface area contributed by atoms with Crippen LogP contribution >= 0.6 is 23.2 Å². The number of piperidine rings is 1. The van der Waals surface area contributed by atoms with Gasteiger partial charge in [-0.25, -0.2) is 0 Å². The molecule has 3 aliphatic rings. The van der Waals surface area contributed by atoms with E-state index in [1.54, 1.807) is 31.2 Å². The van der Waals surface area contributed by atoms with E-state index in [1.165, 1.54) is 0 Å². The number of ether oxygens (including phenoxy) is 1. The summed E-state index contributed by atoms with van der Waals surface area (Å²) in [5.74, 6) is -1.71. The zero-order valence-electron chi connectivity index (χ0n) is 21.8. The number of benzene rings is 2. The summed E-state index contributed by atoms with van der Waals surface area (Å²) in [5, 5.41) is 3.47. The van der Waals surface area contributed by atoms with Crippen molar-refractivity contribution < 1.29 is 23.9 Å². The van der Waals surface area contributed by atoms with Gasteiger partial charge in [0, 0.05) is 57.0 Å². The number of hydrogen-bond donors (Lipinski definition) is 1. The molecule has 2 amide bonds. The molecule has 0 radical (unpaired) electrons. The number of imide groups is 1. The second-order valence-electron chi connectivity index (χ2n) is 10.6. The number of carbonyl (C=O) groups is 4. The van der Waals surface area contributed by atoms with Crippen LogP contribution in [0.3, 0.4) is 0 Å². The highest BCUT2D eigenvalue weighted by molar-refractivity contribution is 6.43. The highest BCUT2D eigenvalue weighted by atomic mass is 35.5. The fourth-order valence-corrected chi connectivity index (χ4v) is 6.21. The summed E-state index contributed by atoms with van der Waals surface area (Å²) >= 11 is 12.5. The van der Waals surface area contributed by atoms with Crippen molar-refractivity contribution in [2.45, 2.75) is 32.6 Å². The predicted octanol–water partition coefficient (Wildman–Crippen LogP) is 4.41. The molecule has 0 saturated carbocycles. The maximum Gasteiger partial charge on any atom is 0.233 e. The van der Waals surface area contributed by atoms with E-state index in [0.717, 1.165) is 44.8 Å². The molecule has 2 saturated heterocycles. The smallest absolute Gasteiger partial charge is 0.233 e. The summed E-state index contributed by atoms with van der Waals surface area (Å²) < 4.78 is 6.01. The van der Waals surface area contributed by atoms with Gasteiger partial charge in [-0.2, -0.15) is 0 Å². The van der Waals surface area contributed by atoms with Crippen molar-refractivity contribution in [1.29, 1.82) is 0 Å². The third-order valence-electron chi connectivity index (χ3n) is 8.21. The molecule has 2 aliphatic heterocycles. The van der Waals surface area contributed by atoms with Crippen molar-refractivity contribution in [1.82, 2.24) is 10.2 Å². The van der Waals surface area contributed by atoms with Crippen LogP contribution in [0, 0.1) is 11.3 Å². The molecule has 1 aliphatic carbocycles. The number of halogens is 2. The molecule has 0 aromatic heterocycles. The van der Waals surface area contributed by atoms with Crippen molar-refractivity contribution in [2.24, 2.45) is 11.3 Å². The maximum atomic E-state index is 13.5. The van der Waals surface area contributed by atoms with Crippen LogP contribution in [-0.2, 0) is 9.59 Å². The van der Waals surface area contributed by atoms with E-state index in [2.05, 4.69) is 15.1 Å². The quantitative estimate of drug-likeness (QED) is 0.388. The molecule has 0 spiro atoms. The SMILES string of the molecule is C[C@]1(C2CC(=O)c3c(OCCCN4CCN(c5cccc(Cl)c5Cl)CC4)cccc3C2=O)CCC(=O)NC1=O. The average Bonchev–Trinajstić information content (AvgIpc) is 2.93. The van der Waals surface area contributed by atoms with Gasteiger partial charge in [-0.1, -0.05) is 48.3 Å². The first-order valence-corrected chi connectivity index (χ1v) is 14.0. The Morgan fingerprint density at radius 3 is 2.51 bits per heavy atom. The van der Waals surface area contributed by atoms with Crippen molar-refractivity contribution in [3.05, 3.63) is 57.6 Å². The highest BCUT2D eigenvalue weighted by Crippen LogP contribution is 2.44. The number of piperazine rings is 1. The van der Waals surface area contributed by atoms with Crippen LogP contribution in [0.4, 0.5) is 5.69 Å². The Morgan fingerprint density at radius 2 is 1.77 bits per heavy atom. The lowest BCUT2D eigenvalue weighted by Gasteiger charge is -2.39. The molecule has 2 aromatic rings. The van der Waals surface area contributed by atoms with Crippen LogP contribution in [0.2, 0.25) is 10.0 Å². The Balaban J connectivity index is 1.17. The molecule has 8 nitrogen and oxygen atoms in total. The minimum Gasteiger partial charge on any atom is -0.493 e. The number of rotatable bonds is 7. The van der Waals surface area contributed by atoms with E-state index >= 15 is 0 Å². The van der Waals surface area contributed by atoms with Crippen LogP contribution in [0.25, 0.3) is 0 Å². The van der Waals surface area contributed by atoms with Crippen molar-refractivity contribution in [2.75, 3.05) is 44.2 Å². The fourth-order valence-electron chi connectivity index (χ4n) is 5.80. The third-order valence-corrected chi connectivity index (χ3v) is 9.02. The van der Waals surface area contributed by atoms with Crippen molar-refractivity contribution in [3.8, 4) is 5.75 Å². The number of carbonyl (C=O) groups excluding carboxylic acids is 4. The Morgan fingerprint density at radius 1 is 1.03 bits per heavy atom. The highest BCUT2D eigenvalue weighted by Gasteiger charge is 2.51. The van der Waals surface area contributed by atoms with Gasteiger partial charge in [0.15, 0.2) is 11.6 Å². The second-order valence-corrected chi connectivity index (χ2v) is 11.4. The molecule has 2 aromatic carbocycles. The largest absolute Gasteiger partial charge is 0.493 e. The van der Waals surface area contributed by atoms with Gasteiger partial charge in [-0.3, -0.25) is 29.4 Å². The first kappa shape index (κ1) is 27.6. The standard InChI is InChI=1S/C29H31Cl2N3O5/c1-29(10-9-24(36)32-28(29)38)19-17-22(35)25-18(27(19)37)5-2-8-23(25)39-16-4-11-33-12-14-34(15-13-33)21-7-3-6-20(30)26(21)31/h2-3,5-8,19H,4,9-17H2,1H3,(H,32,36,38)/t19?,29-/m1/s1. The van der Waals surface area contributed by atoms with E-state index in [1.807, 2.05) is 12.1 Å². The van der Waals surface area contributed by atoms with Gasteiger partial charge < -0.3 is 9.64 Å². The Kier molecular flexibility index (Phi) is 7.99. The number of anilines is 1. The van der Waals surface area contributed by atoms with Gasteiger partial charge in [-0.05, 0) is 31.0 Å². The molecule has 5 rings (SSSR count). The van der Waals surface area contributed by atoms with Crippen molar-refractivity contribution >= 4 is 52.3 Å². The molecule has 10 heteroatoms. The van der Waals surface area contributed by atoms with E-state index in [9.17, 15) is 19.2 Å². The van der Waals surface area contributed by atoms with E-state index in [4.69, 9.17) is 27.9 Å². The topological polar surface area (TPSA) is 96.0 Å². The predicted molar refractivity (Wildman–Crippen MR) is 149 cm³/mol. The van der Waals surface area contributed by atoms with Gasteiger partial charge >= 0.3 is 0 Å². The van der Waals surface area contributed by atoms with Crippen LogP contribution < -0.4 is 15.0 Å². The summed E-state index contributed by atoms with van der Waals surface area (Å²) in [6.45, 7) is 6.37.